The Morgan fingerprint density at radius 3 is 2.72 bits per heavy atom. The number of pyridine rings is 1. The highest BCUT2D eigenvalue weighted by Crippen LogP contribution is 2.17. The SMILES string of the molecule is C#CCNC(=NCc1cccnc1OCc1ccccc1)NCC.I. The van der Waals surface area contributed by atoms with Crippen LogP contribution in [0.3, 0.4) is 0 Å². The van der Waals surface area contributed by atoms with E-state index < -0.39 is 0 Å². The standard InChI is InChI=1S/C19H22N4O.HI/c1-3-12-22-19(20-4-2)23-14-17-11-8-13-21-18(17)24-15-16-9-6-5-7-10-16;/h1,5-11,13H,4,12,14-15H2,2H3,(H2,20,22,23);1H. The zero-order valence-electron chi connectivity index (χ0n) is 14.2. The number of ether oxygens (including phenoxy) is 1. The summed E-state index contributed by atoms with van der Waals surface area (Å²) in [5.74, 6) is 3.81. The Kier molecular flexibility index (Phi) is 10.1. The molecule has 0 bridgehead atoms. The molecule has 2 N–H and O–H groups in total. The summed E-state index contributed by atoms with van der Waals surface area (Å²) in [6.45, 7) is 4.13. The number of rotatable bonds is 7. The Morgan fingerprint density at radius 2 is 2.00 bits per heavy atom. The Bertz CT molecular complexity index is 698. The zero-order chi connectivity index (χ0) is 17.0. The fourth-order valence-electron chi connectivity index (χ4n) is 2.04. The van der Waals surface area contributed by atoms with Crippen LogP contribution in [0.25, 0.3) is 0 Å². The average molecular weight is 450 g/mol. The lowest BCUT2D eigenvalue weighted by molar-refractivity contribution is 0.290. The van der Waals surface area contributed by atoms with Crippen molar-refractivity contribution in [1.29, 1.82) is 0 Å². The number of aliphatic imine (C=N–C) groups is 1. The lowest BCUT2D eigenvalue weighted by atomic mass is 10.2. The molecule has 2 rings (SSSR count). The Labute approximate surface area is 166 Å². The fourth-order valence-corrected chi connectivity index (χ4v) is 2.04. The molecule has 1 heterocycles. The molecule has 1 aromatic carbocycles. The normalized spacial score (nSPS) is 10.3. The van der Waals surface area contributed by atoms with E-state index in [1.54, 1.807) is 6.20 Å². The highest BCUT2D eigenvalue weighted by atomic mass is 127. The van der Waals surface area contributed by atoms with E-state index >= 15 is 0 Å². The lowest BCUT2D eigenvalue weighted by Crippen LogP contribution is -2.37. The highest BCUT2D eigenvalue weighted by molar-refractivity contribution is 14.0. The van der Waals surface area contributed by atoms with Crippen molar-refractivity contribution in [3.63, 3.8) is 0 Å². The molecule has 0 aliphatic carbocycles. The summed E-state index contributed by atoms with van der Waals surface area (Å²) in [6.07, 6.45) is 6.99. The number of nitrogens with zero attached hydrogens (tertiary/aromatic N) is 2. The van der Waals surface area contributed by atoms with Gasteiger partial charge in [-0.15, -0.1) is 30.4 Å². The third-order valence-electron chi connectivity index (χ3n) is 3.18. The molecule has 0 fully saturated rings. The van der Waals surface area contributed by atoms with E-state index in [1.807, 2.05) is 49.4 Å². The van der Waals surface area contributed by atoms with Crippen molar-refractivity contribution in [3.05, 3.63) is 59.8 Å². The molecule has 0 aliphatic heterocycles. The van der Waals surface area contributed by atoms with E-state index in [1.165, 1.54) is 0 Å². The van der Waals surface area contributed by atoms with Crippen LogP contribution in [0.15, 0.2) is 53.7 Å². The predicted octanol–water partition coefficient (Wildman–Crippen LogP) is 2.97. The number of guanidine groups is 1. The van der Waals surface area contributed by atoms with Gasteiger partial charge in [0.25, 0.3) is 0 Å². The number of hydrogen-bond donors (Lipinski definition) is 2. The summed E-state index contributed by atoms with van der Waals surface area (Å²) in [5.41, 5.74) is 2.02. The Morgan fingerprint density at radius 1 is 1.20 bits per heavy atom. The maximum atomic E-state index is 5.84. The topological polar surface area (TPSA) is 58.5 Å². The first-order valence-corrected chi connectivity index (χ1v) is 7.89. The predicted molar refractivity (Wildman–Crippen MR) is 112 cm³/mol. The monoisotopic (exact) mass is 450 g/mol. The maximum absolute atomic E-state index is 5.84. The van der Waals surface area contributed by atoms with Gasteiger partial charge in [-0.3, -0.25) is 0 Å². The summed E-state index contributed by atoms with van der Waals surface area (Å²) in [6, 6.07) is 13.8. The average Bonchev–Trinajstić information content (AvgIpc) is 2.64. The van der Waals surface area contributed by atoms with Crippen LogP contribution in [0.4, 0.5) is 0 Å². The minimum Gasteiger partial charge on any atom is -0.473 e. The van der Waals surface area contributed by atoms with E-state index in [9.17, 15) is 0 Å². The number of aromatic nitrogens is 1. The second-order valence-corrected chi connectivity index (χ2v) is 4.99. The summed E-state index contributed by atoms with van der Waals surface area (Å²) >= 11 is 0. The van der Waals surface area contributed by atoms with Crippen LogP contribution >= 0.6 is 24.0 Å². The first kappa shape index (κ1) is 20.8. The van der Waals surface area contributed by atoms with Crippen LogP contribution in [-0.2, 0) is 13.2 Å². The molecule has 132 valence electrons. The number of hydrogen-bond acceptors (Lipinski definition) is 3. The molecule has 0 spiro atoms. The summed E-state index contributed by atoms with van der Waals surface area (Å²) < 4.78 is 5.84. The maximum Gasteiger partial charge on any atom is 0.218 e. The smallest absolute Gasteiger partial charge is 0.218 e. The molecule has 5 nitrogen and oxygen atoms in total. The van der Waals surface area contributed by atoms with E-state index in [-0.39, 0.29) is 24.0 Å². The van der Waals surface area contributed by atoms with Crippen molar-refractivity contribution in [2.45, 2.75) is 20.1 Å². The first-order valence-electron chi connectivity index (χ1n) is 7.89. The van der Waals surface area contributed by atoms with Crippen LogP contribution in [0.1, 0.15) is 18.1 Å². The minimum atomic E-state index is 0. The largest absolute Gasteiger partial charge is 0.473 e. The van der Waals surface area contributed by atoms with Gasteiger partial charge in [0.2, 0.25) is 5.88 Å². The van der Waals surface area contributed by atoms with Gasteiger partial charge in [0.15, 0.2) is 5.96 Å². The molecule has 1 aromatic heterocycles. The molecule has 0 aliphatic rings. The molecule has 0 amide bonds. The molecule has 2 aromatic rings. The number of nitrogens with one attached hydrogen (secondary N) is 2. The second kappa shape index (κ2) is 12.1. The Balaban J connectivity index is 0.00000312. The van der Waals surface area contributed by atoms with Gasteiger partial charge in [0.1, 0.15) is 6.61 Å². The molecular formula is C19H23IN4O. The van der Waals surface area contributed by atoms with E-state index in [0.29, 0.717) is 31.5 Å². The van der Waals surface area contributed by atoms with Crippen LogP contribution in [0, 0.1) is 12.3 Å². The third kappa shape index (κ3) is 7.44. The summed E-state index contributed by atoms with van der Waals surface area (Å²) in [5, 5.41) is 6.21. The summed E-state index contributed by atoms with van der Waals surface area (Å²) in [4.78, 5) is 8.83. The molecule has 6 heteroatoms. The van der Waals surface area contributed by atoms with E-state index in [0.717, 1.165) is 17.7 Å². The van der Waals surface area contributed by atoms with Crippen molar-refractivity contribution in [1.82, 2.24) is 15.6 Å². The van der Waals surface area contributed by atoms with Crippen molar-refractivity contribution >= 4 is 29.9 Å². The zero-order valence-corrected chi connectivity index (χ0v) is 16.6. The van der Waals surface area contributed by atoms with Gasteiger partial charge in [0.05, 0.1) is 13.1 Å². The van der Waals surface area contributed by atoms with Crippen LogP contribution in [-0.4, -0.2) is 24.0 Å². The summed E-state index contributed by atoms with van der Waals surface area (Å²) in [7, 11) is 0. The van der Waals surface area contributed by atoms with E-state index in [4.69, 9.17) is 11.2 Å². The van der Waals surface area contributed by atoms with Gasteiger partial charge >= 0.3 is 0 Å². The second-order valence-electron chi connectivity index (χ2n) is 4.99. The van der Waals surface area contributed by atoms with Crippen molar-refractivity contribution in [2.24, 2.45) is 4.99 Å². The lowest BCUT2D eigenvalue weighted by Gasteiger charge is -2.11. The molecule has 25 heavy (non-hydrogen) atoms. The van der Waals surface area contributed by atoms with Gasteiger partial charge in [-0.1, -0.05) is 42.3 Å². The van der Waals surface area contributed by atoms with Gasteiger partial charge in [-0.2, -0.15) is 0 Å². The van der Waals surface area contributed by atoms with Crippen molar-refractivity contribution in [3.8, 4) is 18.2 Å². The molecular weight excluding hydrogens is 427 g/mol. The number of benzene rings is 1. The molecule has 0 saturated carbocycles. The van der Waals surface area contributed by atoms with Crippen molar-refractivity contribution in [2.75, 3.05) is 13.1 Å². The fraction of sp³-hybridized carbons (Fsp3) is 0.263. The number of terminal acetylenes is 1. The van der Waals surface area contributed by atoms with Gasteiger partial charge in [-0.25, -0.2) is 9.98 Å². The van der Waals surface area contributed by atoms with Crippen LogP contribution in [0.2, 0.25) is 0 Å². The van der Waals surface area contributed by atoms with Crippen LogP contribution in [0.5, 0.6) is 5.88 Å². The van der Waals surface area contributed by atoms with Gasteiger partial charge in [-0.05, 0) is 18.6 Å². The third-order valence-corrected chi connectivity index (χ3v) is 3.18. The quantitative estimate of drug-likeness (QED) is 0.295. The molecule has 0 atom stereocenters. The molecule has 0 radical (unpaired) electrons. The van der Waals surface area contributed by atoms with Gasteiger partial charge < -0.3 is 15.4 Å². The number of halogens is 1. The van der Waals surface area contributed by atoms with Crippen LogP contribution < -0.4 is 15.4 Å². The minimum absolute atomic E-state index is 0. The molecule has 0 saturated heterocycles. The molecule has 0 unspecified atom stereocenters. The van der Waals surface area contributed by atoms with E-state index in [2.05, 4.69) is 26.5 Å². The van der Waals surface area contributed by atoms with Gasteiger partial charge in [0, 0.05) is 18.3 Å². The van der Waals surface area contributed by atoms with Crippen molar-refractivity contribution < 1.29 is 4.74 Å². The highest BCUT2D eigenvalue weighted by Gasteiger charge is 2.05. The first-order chi connectivity index (χ1) is 11.8. The Hall–Kier alpha value is -2.27.